The molecule has 8 nitrogen and oxygen atoms in total. The number of amides is 1. The molecule has 1 fully saturated rings. The molecule has 37 heavy (non-hydrogen) atoms. The van der Waals surface area contributed by atoms with Crippen LogP contribution in [0, 0.1) is 0 Å². The molecule has 2 aromatic rings. The van der Waals surface area contributed by atoms with Crippen molar-refractivity contribution in [3.05, 3.63) is 40.8 Å². The van der Waals surface area contributed by atoms with Gasteiger partial charge in [-0.05, 0) is 89.6 Å². The summed E-state index contributed by atoms with van der Waals surface area (Å²) >= 11 is 0. The Labute approximate surface area is 223 Å². The Hall–Kier alpha value is -2.87. The Bertz CT molecular complexity index is 1020. The Balaban J connectivity index is 1.69. The number of hydrogen-bond acceptors (Lipinski definition) is 7. The van der Waals surface area contributed by atoms with Crippen LogP contribution in [0.1, 0.15) is 80.8 Å². The van der Waals surface area contributed by atoms with E-state index in [0.29, 0.717) is 18.5 Å². The van der Waals surface area contributed by atoms with Crippen LogP contribution in [0.3, 0.4) is 0 Å². The van der Waals surface area contributed by atoms with E-state index >= 15 is 0 Å². The number of benzene rings is 1. The summed E-state index contributed by atoms with van der Waals surface area (Å²) < 4.78 is 5.80. The first-order valence-electron chi connectivity index (χ1n) is 14.0. The Morgan fingerprint density at radius 2 is 1.92 bits per heavy atom. The molecule has 1 aliphatic heterocycles. The third-order valence-corrected chi connectivity index (χ3v) is 7.33. The van der Waals surface area contributed by atoms with E-state index in [1.807, 2.05) is 6.92 Å². The fourth-order valence-corrected chi connectivity index (χ4v) is 4.89. The summed E-state index contributed by atoms with van der Waals surface area (Å²) in [4.78, 5) is 26.5. The maximum atomic E-state index is 12.1. The molecule has 0 saturated carbocycles. The number of anilines is 2. The molecule has 0 spiro atoms. The second kappa shape index (κ2) is 14.2. The number of rotatable bonds is 15. The quantitative estimate of drug-likeness (QED) is 0.365. The molecular formula is C29H46N6O2. The van der Waals surface area contributed by atoms with Crippen molar-refractivity contribution in [2.24, 2.45) is 5.73 Å². The molecule has 8 heteroatoms. The van der Waals surface area contributed by atoms with Crippen molar-refractivity contribution in [2.45, 2.75) is 78.7 Å². The molecule has 3 N–H and O–H groups in total. The minimum atomic E-state index is -0.521. The maximum Gasteiger partial charge on any atom is 0.269 e. The average molecular weight is 511 g/mol. The molecule has 204 valence electrons. The lowest BCUT2D eigenvalue weighted by atomic mass is 10.0. The van der Waals surface area contributed by atoms with Gasteiger partial charge in [0, 0.05) is 25.7 Å². The zero-order chi connectivity index (χ0) is 26.8. The normalized spacial score (nSPS) is 14.5. The van der Waals surface area contributed by atoms with Gasteiger partial charge in [-0.15, -0.1) is 0 Å². The first kappa shape index (κ1) is 28.7. The third kappa shape index (κ3) is 7.81. The molecule has 2 heterocycles. The van der Waals surface area contributed by atoms with E-state index in [1.54, 1.807) is 7.11 Å². The highest BCUT2D eigenvalue weighted by molar-refractivity contribution is 5.92. The lowest BCUT2D eigenvalue weighted by Gasteiger charge is -2.27. The maximum absolute atomic E-state index is 12.1. The van der Waals surface area contributed by atoms with Crippen molar-refractivity contribution in [3.8, 4) is 5.75 Å². The van der Waals surface area contributed by atoms with Crippen molar-refractivity contribution >= 4 is 17.4 Å². The number of carbonyl (C=O) groups excluding carboxylic acids is 1. The first-order valence-corrected chi connectivity index (χ1v) is 14.0. The molecule has 0 aliphatic carbocycles. The molecule has 1 unspecified atom stereocenters. The van der Waals surface area contributed by atoms with Gasteiger partial charge in [0.2, 0.25) is 0 Å². The monoisotopic (exact) mass is 510 g/mol. The highest BCUT2D eigenvalue weighted by Gasteiger charge is 2.19. The molecule has 1 aromatic heterocycles. The number of likely N-dealkylation sites (N-methyl/N-ethyl adjacent to an activating group) is 1. The molecule has 1 aromatic carbocycles. The first-order chi connectivity index (χ1) is 17.9. The van der Waals surface area contributed by atoms with E-state index in [-0.39, 0.29) is 11.7 Å². The SMILES string of the molecule is CCc1nc(C(N)=O)c(CCCc2ccc(N(CC)CCN3CCCC3)c(OC)c2)nc1NC(C)CC. The fourth-order valence-electron chi connectivity index (χ4n) is 4.89. The van der Waals surface area contributed by atoms with E-state index in [9.17, 15) is 4.79 Å². The van der Waals surface area contributed by atoms with Crippen LogP contribution in [0.4, 0.5) is 11.5 Å². The van der Waals surface area contributed by atoms with Gasteiger partial charge in [0.25, 0.3) is 5.91 Å². The van der Waals surface area contributed by atoms with Gasteiger partial charge in [-0.1, -0.05) is 19.9 Å². The van der Waals surface area contributed by atoms with Gasteiger partial charge < -0.3 is 25.6 Å². The number of ether oxygens (including phenoxy) is 1. The summed E-state index contributed by atoms with van der Waals surface area (Å²) in [6.07, 6.45) is 6.60. The van der Waals surface area contributed by atoms with Crippen molar-refractivity contribution in [2.75, 3.05) is 50.1 Å². The van der Waals surface area contributed by atoms with Crippen molar-refractivity contribution in [1.29, 1.82) is 0 Å². The van der Waals surface area contributed by atoms with Gasteiger partial charge in [0.1, 0.15) is 17.3 Å². The van der Waals surface area contributed by atoms with Gasteiger partial charge in [-0.25, -0.2) is 9.97 Å². The Morgan fingerprint density at radius 1 is 1.16 bits per heavy atom. The van der Waals surface area contributed by atoms with Crippen LogP contribution in [0.2, 0.25) is 0 Å². The topological polar surface area (TPSA) is 96.6 Å². The summed E-state index contributed by atoms with van der Waals surface area (Å²) in [7, 11) is 1.74. The summed E-state index contributed by atoms with van der Waals surface area (Å²) in [6.45, 7) is 13.9. The van der Waals surface area contributed by atoms with Gasteiger partial charge in [-0.2, -0.15) is 0 Å². The van der Waals surface area contributed by atoms with Crippen molar-refractivity contribution < 1.29 is 9.53 Å². The number of nitrogens with two attached hydrogens (primary N) is 1. The van der Waals surface area contributed by atoms with Crippen LogP contribution in [0.5, 0.6) is 5.75 Å². The third-order valence-electron chi connectivity index (χ3n) is 7.33. The number of methoxy groups -OCH3 is 1. The molecule has 1 aliphatic rings. The lowest BCUT2D eigenvalue weighted by molar-refractivity contribution is 0.0994. The molecular weight excluding hydrogens is 464 g/mol. The van der Waals surface area contributed by atoms with Crippen LogP contribution >= 0.6 is 0 Å². The number of aryl methyl sites for hydroxylation is 3. The number of carbonyl (C=O) groups is 1. The number of hydrogen-bond donors (Lipinski definition) is 2. The summed E-state index contributed by atoms with van der Waals surface area (Å²) in [5, 5.41) is 3.44. The molecule has 1 saturated heterocycles. The van der Waals surface area contributed by atoms with Crippen molar-refractivity contribution in [1.82, 2.24) is 14.9 Å². The summed E-state index contributed by atoms with van der Waals surface area (Å²) in [6, 6.07) is 6.79. The number of likely N-dealkylation sites (tertiary alicyclic amines) is 1. The number of nitrogens with one attached hydrogen (secondary N) is 1. The smallest absolute Gasteiger partial charge is 0.269 e. The van der Waals surface area contributed by atoms with Gasteiger partial charge >= 0.3 is 0 Å². The lowest BCUT2D eigenvalue weighted by Crippen LogP contribution is -2.34. The fraction of sp³-hybridized carbons (Fsp3) is 0.621. The summed E-state index contributed by atoms with van der Waals surface area (Å²) in [5.41, 5.74) is 9.75. The zero-order valence-electron chi connectivity index (χ0n) is 23.5. The van der Waals surface area contributed by atoms with Crippen LogP contribution in [-0.4, -0.2) is 66.7 Å². The van der Waals surface area contributed by atoms with E-state index in [2.05, 4.69) is 59.1 Å². The molecule has 1 amide bonds. The number of nitrogens with zero attached hydrogens (tertiary/aromatic N) is 4. The van der Waals surface area contributed by atoms with Crippen LogP contribution in [0.15, 0.2) is 18.2 Å². The highest BCUT2D eigenvalue weighted by Crippen LogP contribution is 2.30. The minimum Gasteiger partial charge on any atom is -0.495 e. The van der Waals surface area contributed by atoms with E-state index in [0.717, 1.165) is 61.8 Å². The van der Waals surface area contributed by atoms with E-state index in [4.69, 9.17) is 15.5 Å². The molecule has 1 atom stereocenters. The molecule has 0 radical (unpaired) electrons. The minimum absolute atomic E-state index is 0.274. The average Bonchev–Trinajstić information content (AvgIpc) is 3.43. The molecule has 3 rings (SSSR count). The summed E-state index contributed by atoms with van der Waals surface area (Å²) in [5.74, 6) is 1.15. The second-order valence-corrected chi connectivity index (χ2v) is 9.97. The van der Waals surface area contributed by atoms with Crippen LogP contribution < -0.4 is 20.7 Å². The van der Waals surface area contributed by atoms with Gasteiger partial charge in [0.05, 0.1) is 24.2 Å². The highest BCUT2D eigenvalue weighted by atomic mass is 16.5. The zero-order valence-corrected chi connectivity index (χ0v) is 23.5. The van der Waals surface area contributed by atoms with Gasteiger partial charge in [-0.3, -0.25) is 4.79 Å². The Kier molecular flexibility index (Phi) is 11.0. The predicted molar refractivity (Wildman–Crippen MR) is 152 cm³/mol. The number of primary amides is 1. The van der Waals surface area contributed by atoms with E-state index in [1.165, 1.54) is 31.5 Å². The second-order valence-electron chi connectivity index (χ2n) is 9.97. The number of aromatic nitrogens is 2. The standard InChI is InChI=1S/C29H46N6O2/c1-6-21(4)31-29-23(7-2)32-27(28(30)36)24(33-29)13-11-12-22-14-15-25(26(20-22)37-5)35(8-3)19-18-34-16-9-10-17-34/h14-15,20-21H,6-13,16-19H2,1-5H3,(H2,30,36)(H,31,33). The van der Waals surface area contributed by atoms with Gasteiger partial charge in [0.15, 0.2) is 0 Å². The van der Waals surface area contributed by atoms with Crippen molar-refractivity contribution in [3.63, 3.8) is 0 Å². The van der Waals surface area contributed by atoms with Crippen LogP contribution in [0.25, 0.3) is 0 Å². The largest absolute Gasteiger partial charge is 0.495 e. The van der Waals surface area contributed by atoms with Crippen LogP contribution in [-0.2, 0) is 19.3 Å². The molecule has 0 bridgehead atoms. The predicted octanol–water partition coefficient (Wildman–Crippen LogP) is 4.45. The van der Waals surface area contributed by atoms with E-state index < -0.39 is 5.91 Å². The Morgan fingerprint density at radius 3 is 2.54 bits per heavy atom.